The third kappa shape index (κ3) is 5.58. The molecule has 0 bridgehead atoms. The summed E-state index contributed by atoms with van der Waals surface area (Å²) in [4.78, 5) is 28.6. The van der Waals surface area contributed by atoms with E-state index < -0.39 is 0 Å². The van der Waals surface area contributed by atoms with Crippen molar-refractivity contribution in [2.75, 3.05) is 17.7 Å². The third-order valence-corrected chi connectivity index (χ3v) is 5.28. The van der Waals surface area contributed by atoms with Gasteiger partial charge in [0.05, 0.1) is 24.9 Å². The van der Waals surface area contributed by atoms with Gasteiger partial charge < -0.3 is 15.4 Å². The van der Waals surface area contributed by atoms with Crippen LogP contribution in [0.25, 0.3) is 0 Å². The second-order valence-corrected chi connectivity index (χ2v) is 7.59. The maximum absolute atomic E-state index is 12.3. The molecule has 0 unspecified atom stereocenters. The van der Waals surface area contributed by atoms with Gasteiger partial charge in [0.2, 0.25) is 5.91 Å². The van der Waals surface area contributed by atoms with E-state index in [1.165, 1.54) is 18.4 Å². The van der Waals surface area contributed by atoms with Gasteiger partial charge >= 0.3 is 6.03 Å². The van der Waals surface area contributed by atoms with E-state index in [2.05, 4.69) is 20.9 Å². The maximum atomic E-state index is 12.3. The molecule has 144 valence electrons. The lowest BCUT2D eigenvalue weighted by Crippen LogP contribution is -2.36. The number of hydrogen-bond acceptors (Lipinski definition) is 5. The summed E-state index contributed by atoms with van der Waals surface area (Å²) in [7, 11) is 1.52. The van der Waals surface area contributed by atoms with Crippen LogP contribution < -0.4 is 20.7 Å². The van der Waals surface area contributed by atoms with Gasteiger partial charge in [-0.2, -0.15) is 0 Å². The molecule has 0 atom stereocenters. The number of benzene rings is 1. The van der Waals surface area contributed by atoms with E-state index in [1.54, 1.807) is 23.6 Å². The van der Waals surface area contributed by atoms with Gasteiger partial charge in [-0.1, -0.05) is 24.4 Å². The first-order chi connectivity index (χ1) is 13.0. The summed E-state index contributed by atoms with van der Waals surface area (Å²) in [6.07, 6.45) is 4.42. The molecular weight excluding hydrogens is 388 g/mol. The molecule has 0 saturated heterocycles. The number of aromatic nitrogens is 1. The van der Waals surface area contributed by atoms with Crippen molar-refractivity contribution in [3.63, 3.8) is 0 Å². The monoisotopic (exact) mass is 408 g/mol. The van der Waals surface area contributed by atoms with Gasteiger partial charge in [-0.05, 0) is 31.0 Å². The van der Waals surface area contributed by atoms with E-state index in [0.29, 0.717) is 27.3 Å². The molecule has 3 N–H and O–H groups in total. The zero-order chi connectivity index (χ0) is 19.2. The second kappa shape index (κ2) is 9.05. The molecule has 3 rings (SSSR count). The number of nitrogens with one attached hydrogen (secondary N) is 3. The molecule has 1 saturated carbocycles. The number of carbonyl (C=O) groups excluding carboxylic acids is 2. The van der Waals surface area contributed by atoms with Crippen molar-refractivity contribution in [2.24, 2.45) is 0 Å². The SMILES string of the molecule is COc1ccc(Cl)cc1NC(=O)Cc1csc(NC(=O)NC2CCCC2)n1. The first kappa shape index (κ1) is 19.4. The Hall–Kier alpha value is -2.32. The van der Waals surface area contributed by atoms with Crippen LogP contribution in [0.1, 0.15) is 31.4 Å². The van der Waals surface area contributed by atoms with Crippen LogP contribution in [0, 0.1) is 0 Å². The topological polar surface area (TPSA) is 92.4 Å². The van der Waals surface area contributed by atoms with Gasteiger partial charge in [-0.25, -0.2) is 9.78 Å². The second-order valence-electron chi connectivity index (χ2n) is 6.29. The van der Waals surface area contributed by atoms with Crippen molar-refractivity contribution >= 4 is 45.7 Å². The van der Waals surface area contributed by atoms with Crippen LogP contribution >= 0.6 is 22.9 Å². The Balaban J connectivity index is 1.53. The van der Waals surface area contributed by atoms with E-state index in [-0.39, 0.29) is 24.4 Å². The fraction of sp³-hybridized carbons (Fsp3) is 0.389. The molecule has 1 aromatic carbocycles. The van der Waals surface area contributed by atoms with Gasteiger partial charge in [-0.15, -0.1) is 11.3 Å². The lowest BCUT2D eigenvalue weighted by atomic mass is 10.2. The molecule has 2 aromatic rings. The lowest BCUT2D eigenvalue weighted by Gasteiger charge is -2.11. The molecule has 0 radical (unpaired) electrons. The molecule has 9 heteroatoms. The van der Waals surface area contributed by atoms with Gasteiger partial charge in [0.25, 0.3) is 0 Å². The highest BCUT2D eigenvalue weighted by molar-refractivity contribution is 7.13. The van der Waals surface area contributed by atoms with E-state index in [0.717, 1.165) is 25.7 Å². The molecule has 27 heavy (non-hydrogen) atoms. The fourth-order valence-electron chi connectivity index (χ4n) is 2.97. The summed E-state index contributed by atoms with van der Waals surface area (Å²) in [6, 6.07) is 4.98. The summed E-state index contributed by atoms with van der Waals surface area (Å²) >= 11 is 7.25. The van der Waals surface area contributed by atoms with Crippen LogP contribution in [0.4, 0.5) is 15.6 Å². The fourth-order valence-corrected chi connectivity index (χ4v) is 3.85. The Morgan fingerprint density at radius 1 is 1.30 bits per heavy atom. The Bertz CT molecular complexity index is 821. The predicted molar refractivity (Wildman–Crippen MR) is 107 cm³/mol. The van der Waals surface area contributed by atoms with Crippen molar-refractivity contribution in [3.8, 4) is 5.75 Å². The number of methoxy groups -OCH3 is 1. The third-order valence-electron chi connectivity index (χ3n) is 4.24. The average molecular weight is 409 g/mol. The average Bonchev–Trinajstić information content (AvgIpc) is 3.27. The first-order valence-corrected chi connectivity index (χ1v) is 9.94. The molecule has 1 fully saturated rings. The van der Waals surface area contributed by atoms with Crippen molar-refractivity contribution in [2.45, 2.75) is 38.1 Å². The summed E-state index contributed by atoms with van der Waals surface area (Å²) < 4.78 is 5.21. The smallest absolute Gasteiger partial charge is 0.321 e. The number of ether oxygens (including phenoxy) is 1. The minimum absolute atomic E-state index is 0.0814. The van der Waals surface area contributed by atoms with E-state index in [1.807, 2.05) is 0 Å². The highest BCUT2D eigenvalue weighted by atomic mass is 35.5. The van der Waals surface area contributed by atoms with Crippen LogP contribution in [0.15, 0.2) is 23.6 Å². The number of hydrogen-bond donors (Lipinski definition) is 3. The number of amides is 3. The van der Waals surface area contributed by atoms with E-state index >= 15 is 0 Å². The molecule has 1 aliphatic carbocycles. The largest absolute Gasteiger partial charge is 0.495 e. The van der Waals surface area contributed by atoms with Crippen molar-refractivity contribution in [1.29, 1.82) is 0 Å². The van der Waals surface area contributed by atoms with Crippen molar-refractivity contribution < 1.29 is 14.3 Å². The Kier molecular flexibility index (Phi) is 6.52. The minimum atomic E-state index is -0.254. The summed E-state index contributed by atoms with van der Waals surface area (Å²) in [5.41, 5.74) is 1.08. The zero-order valence-corrected chi connectivity index (χ0v) is 16.5. The number of thiazole rings is 1. The minimum Gasteiger partial charge on any atom is -0.495 e. The number of urea groups is 1. The van der Waals surface area contributed by atoms with Crippen LogP contribution in [-0.4, -0.2) is 30.1 Å². The van der Waals surface area contributed by atoms with Crippen molar-refractivity contribution in [3.05, 3.63) is 34.3 Å². The first-order valence-electron chi connectivity index (χ1n) is 8.69. The molecule has 0 aliphatic heterocycles. The van der Waals surface area contributed by atoms with Gasteiger partial charge in [0.15, 0.2) is 5.13 Å². The predicted octanol–water partition coefficient (Wildman–Crippen LogP) is 4.05. The quantitative estimate of drug-likeness (QED) is 0.672. The molecule has 1 aliphatic rings. The lowest BCUT2D eigenvalue weighted by molar-refractivity contribution is -0.115. The maximum Gasteiger partial charge on any atom is 0.321 e. The van der Waals surface area contributed by atoms with Crippen LogP contribution in [0.3, 0.4) is 0 Å². The van der Waals surface area contributed by atoms with Gasteiger partial charge in [0, 0.05) is 16.4 Å². The van der Waals surface area contributed by atoms with Crippen LogP contribution in [0.2, 0.25) is 5.02 Å². The van der Waals surface area contributed by atoms with E-state index in [9.17, 15) is 9.59 Å². The normalized spacial score (nSPS) is 14.0. The summed E-state index contributed by atoms with van der Waals surface area (Å²) in [5.74, 6) is 0.278. The highest BCUT2D eigenvalue weighted by Crippen LogP contribution is 2.28. The molecular formula is C18H21ClN4O3S. The van der Waals surface area contributed by atoms with Crippen molar-refractivity contribution in [1.82, 2.24) is 10.3 Å². The molecule has 7 nitrogen and oxygen atoms in total. The van der Waals surface area contributed by atoms with E-state index in [4.69, 9.17) is 16.3 Å². The molecule has 0 spiro atoms. The molecule has 3 amide bonds. The molecule has 1 heterocycles. The van der Waals surface area contributed by atoms with Gasteiger partial charge in [0.1, 0.15) is 5.75 Å². The number of rotatable bonds is 6. The van der Waals surface area contributed by atoms with Crippen LogP contribution in [0.5, 0.6) is 5.75 Å². The summed E-state index contributed by atoms with van der Waals surface area (Å²) in [6.45, 7) is 0. The van der Waals surface area contributed by atoms with Crippen LogP contribution in [-0.2, 0) is 11.2 Å². The molecule has 1 aromatic heterocycles. The number of halogens is 1. The van der Waals surface area contributed by atoms with Gasteiger partial charge in [-0.3, -0.25) is 10.1 Å². The Morgan fingerprint density at radius 2 is 2.07 bits per heavy atom. The number of carbonyl (C=O) groups is 2. The Labute approximate surface area is 166 Å². The standard InChI is InChI=1S/C18H21ClN4O3S/c1-26-15-7-6-11(19)8-14(15)22-16(24)9-13-10-27-18(21-13)23-17(25)20-12-4-2-3-5-12/h6-8,10,12H,2-5,9H2,1H3,(H,22,24)(H2,20,21,23,25). The highest BCUT2D eigenvalue weighted by Gasteiger charge is 2.18. The Morgan fingerprint density at radius 3 is 2.81 bits per heavy atom. The number of anilines is 2. The summed E-state index contributed by atoms with van der Waals surface area (Å²) in [5, 5.41) is 11.1. The number of nitrogens with zero attached hydrogens (tertiary/aromatic N) is 1. The zero-order valence-electron chi connectivity index (χ0n) is 14.9.